The van der Waals surface area contributed by atoms with E-state index in [2.05, 4.69) is 10.3 Å². The largest absolute Gasteiger partial charge is 0.857 e. The Hall–Kier alpha value is -4.63. The number of hydrogen-bond donors (Lipinski definition) is 1. The quantitative estimate of drug-likeness (QED) is 0.216. The number of nitrogens with zero attached hydrogens (tertiary/aromatic N) is 4. The summed E-state index contributed by atoms with van der Waals surface area (Å²) in [6.07, 6.45) is 1.48. The van der Waals surface area contributed by atoms with E-state index >= 15 is 0 Å². The highest BCUT2D eigenvalue weighted by Gasteiger charge is 2.19. The molecular weight excluding hydrogens is 477 g/mol. The highest BCUT2D eigenvalue weighted by Crippen LogP contribution is 2.42. The van der Waals surface area contributed by atoms with Crippen molar-refractivity contribution in [3.63, 3.8) is 0 Å². The first kappa shape index (κ1) is 21.9. The molecule has 0 radical (unpaired) electrons. The van der Waals surface area contributed by atoms with E-state index in [0.717, 1.165) is 27.7 Å². The van der Waals surface area contributed by atoms with E-state index in [1.807, 2.05) is 54.6 Å². The molecule has 0 aliphatic heterocycles. The van der Waals surface area contributed by atoms with Gasteiger partial charge in [0.2, 0.25) is 0 Å². The van der Waals surface area contributed by atoms with Crippen molar-refractivity contribution < 1.29 is 18.7 Å². The molecule has 36 heavy (non-hydrogen) atoms. The molecule has 176 valence electrons. The summed E-state index contributed by atoms with van der Waals surface area (Å²) in [7, 11) is 1.66. The molecule has 7 nitrogen and oxygen atoms in total. The molecule has 0 fully saturated rings. The molecule has 0 saturated carbocycles. The second-order valence-corrected chi connectivity index (χ2v) is 9.25. The fourth-order valence-corrected chi connectivity index (χ4v) is 5.27. The number of rotatable bonds is 4. The Morgan fingerprint density at radius 2 is 1.86 bits per heavy atom. The highest BCUT2D eigenvalue weighted by atomic mass is 32.1. The summed E-state index contributed by atoms with van der Waals surface area (Å²) in [4.78, 5) is 9.67. The van der Waals surface area contributed by atoms with Gasteiger partial charge in [-0.3, -0.25) is 4.52 Å². The van der Waals surface area contributed by atoms with E-state index in [0.29, 0.717) is 27.0 Å². The Morgan fingerprint density at radius 1 is 1.06 bits per heavy atom. The number of benzene rings is 3. The summed E-state index contributed by atoms with van der Waals surface area (Å²) in [6, 6.07) is 22.2. The van der Waals surface area contributed by atoms with Crippen LogP contribution >= 0.6 is 11.3 Å². The van der Waals surface area contributed by atoms with Crippen LogP contribution in [0.2, 0.25) is 0 Å². The third-order valence-corrected chi connectivity index (χ3v) is 6.95. The van der Waals surface area contributed by atoms with Gasteiger partial charge < -0.3 is 10.8 Å². The fraction of sp³-hybridized carbons (Fsp3) is 0.0370. The number of pyridine rings is 1. The Morgan fingerprint density at radius 3 is 2.67 bits per heavy atom. The summed E-state index contributed by atoms with van der Waals surface area (Å²) in [5.74, 6) is -0.874. The molecule has 9 heteroatoms. The van der Waals surface area contributed by atoms with Gasteiger partial charge in [0.1, 0.15) is 10.6 Å². The zero-order valence-corrected chi connectivity index (χ0v) is 19.8. The minimum atomic E-state index is -0.566. The fourth-order valence-electron chi connectivity index (χ4n) is 4.26. The van der Waals surface area contributed by atoms with Crippen molar-refractivity contribution in [3.8, 4) is 22.4 Å². The molecule has 0 saturated heterocycles. The van der Waals surface area contributed by atoms with Gasteiger partial charge >= 0.3 is 5.88 Å². The maximum Gasteiger partial charge on any atom is 0.320 e. The number of aryl methyl sites for hydroxylation is 1. The standard InChI is InChI=1S/C27H18FN5O2S/c1-33-14-22(35-32-33)31-26(34)25-24(29)23-20(16-8-4-9-17(28)12-16)13-21(30-27(23)36-25)19-11-5-7-15-6-2-3-10-18(15)19/h2-14H,1H3,(H2-,29,31,32,34). The zero-order valence-electron chi connectivity index (χ0n) is 19.0. The van der Waals surface area contributed by atoms with Crippen molar-refractivity contribution in [1.29, 1.82) is 0 Å². The van der Waals surface area contributed by atoms with Gasteiger partial charge in [-0.2, -0.15) is 0 Å². The van der Waals surface area contributed by atoms with E-state index < -0.39 is 5.90 Å². The topological polar surface area (TPSA) is 104 Å². The Labute approximate surface area is 208 Å². The van der Waals surface area contributed by atoms with E-state index in [1.54, 1.807) is 13.1 Å². The number of nitrogens with two attached hydrogens (primary N) is 1. The number of nitrogen functional groups attached to an aromatic ring is 1. The molecule has 3 heterocycles. The van der Waals surface area contributed by atoms with Crippen molar-refractivity contribution in [3.05, 3.63) is 89.7 Å². The lowest BCUT2D eigenvalue weighted by molar-refractivity contribution is -0.739. The maximum atomic E-state index is 14.2. The Kier molecular flexibility index (Phi) is 5.19. The van der Waals surface area contributed by atoms with Crippen molar-refractivity contribution in [1.82, 2.24) is 10.3 Å². The third-order valence-electron chi connectivity index (χ3n) is 5.87. The van der Waals surface area contributed by atoms with Crippen LogP contribution in [0.25, 0.3) is 43.4 Å². The van der Waals surface area contributed by atoms with Gasteiger partial charge in [-0.15, -0.1) is 11.3 Å². The lowest BCUT2D eigenvalue weighted by Crippen LogP contribution is -2.27. The smallest absolute Gasteiger partial charge is 0.320 e. The number of halogens is 1. The number of hydrogen-bond acceptors (Lipinski definition) is 7. The first-order valence-corrected chi connectivity index (χ1v) is 11.9. The molecule has 6 rings (SSSR count). The molecular formula is C27H18FN5O2S. The predicted molar refractivity (Wildman–Crippen MR) is 136 cm³/mol. The van der Waals surface area contributed by atoms with E-state index in [4.69, 9.17) is 15.2 Å². The van der Waals surface area contributed by atoms with Crippen LogP contribution in [0.5, 0.6) is 0 Å². The van der Waals surface area contributed by atoms with Gasteiger partial charge in [0.05, 0.1) is 16.3 Å². The van der Waals surface area contributed by atoms with Crippen LogP contribution in [0.4, 0.5) is 16.0 Å². The molecule has 0 spiro atoms. The molecule has 0 atom stereocenters. The summed E-state index contributed by atoms with van der Waals surface area (Å²) in [5.41, 5.74) is 9.67. The molecule has 0 bridgehead atoms. The van der Waals surface area contributed by atoms with Gasteiger partial charge in [0, 0.05) is 16.8 Å². The van der Waals surface area contributed by atoms with Gasteiger partial charge in [0.25, 0.3) is 6.20 Å². The first-order valence-electron chi connectivity index (χ1n) is 11.0. The summed E-state index contributed by atoms with van der Waals surface area (Å²) in [6.45, 7) is 0. The Balaban J connectivity index is 1.62. The number of aromatic nitrogens is 3. The minimum Gasteiger partial charge on any atom is -0.857 e. The average molecular weight is 496 g/mol. The number of aliphatic imine (C=N–C) groups is 1. The predicted octanol–water partition coefficient (Wildman–Crippen LogP) is 4.76. The van der Waals surface area contributed by atoms with Gasteiger partial charge in [-0.25, -0.2) is 14.4 Å². The molecule has 3 aromatic heterocycles. The van der Waals surface area contributed by atoms with Crippen LogP contribution < -0.4 is 15.5 Å². The van der Waals surface area contributed by atoms with Crippen molar-refractivity contribution in [2.75, 3.05) is 5.73 Å². The monoisotopic (exact) mass is 495 g/mol. The zero-order chi connectivity index (χ0) is 24.8. The van der Waals surface area contributed by atoms with Crippen LogP contribution in [0, 0.1) is 5.82 Å². The lowest BCUT2D eigenvalue weighted by atomic mass is 9.97. The molecule has 0 unspecified atom stereocenters. The first-order chi connectivity index (χ1) is 17.5. The lowest BCUT2D eigenvalue weighted by Gasteiger charge is -2.11. The average Bonchev–Trinajstić information content (AvgIpc) is 3.45. The summed E-state index contributed by atoms with van der Waals surface area (Å²) >= 11 is 1.14. The number of fused-ring (bicyclic) bond motifs is 2. The number of anilines is 1. The van der Waals surface area contributed by atoms with Crippen LogP contribution in [0.15, 0.2) is 88.5 Å². The van der Waals surface area contributed by atoms with E-state index in [9.17, 15) is 9.50 Å². The molecule has 2 N–H and O–H groups in total. The highest BCUT2D eigenvalue weighted by molar-refractivity contribution is 7.21. The molecule has 0 amide bonds. The SMILES string of the molecule is C[n+]1cc(/N=C(\[O-])c2sc3nc(-c4cccc5ccccc45)cc(-c4cccc(F)c4)c3c2N)on1. The summed E-state index contributed by atoms with van der Waals surface area (Å²) in [5, 5.41) is 19.4. The molecule has 3 aromatic carbocycles. The Bertz CT molecular complexity index is 1800. The minimum absolute atomic E-state index is 0.0640. The molecule has 6 aromatic rings. The van der Waals surface area contributed by atoms with Crippen molar-refractivity contribution in [2.24, 2.45) is 12.0 Å². The summed E-state index contributed by atoms with van der Waals surface area (Å²) < 4.78 is 20.7. The molecule has 0 aliphatic rings. The third kappa shape index (κ3) is 3.75. The van der Waals surface area contributed by atoms with Gasteiger partial charge in [0.15, 0.2) is 12.3 Å². The van der Waals surface area contributed by atoms with Gasteiger partial charge in [-0.05, 0) is 40.1 Å². The van der Waals surface area contributed by atoms with Crippen LogP contribution in [0.3, 0.4) is 0 Å². The van der Waals surface area contributed by atoms with Crippen LogP contribution in [0.1, 0.15) is 4.88 Å². The number of thiophene rings is 1. The van der Waals surface area contributed by atoms with Crippen LogP contribution in [-0.2, 0) is 7.05 Å². The molecule has 0 aliphatic carbocycles. The van der Waals surface area contributed by atoms with E-state index in [1.165, 1.54) is 23.0 Å². The van der Waals surface area contributed by atoms with E-state index in [-0.39, 0.29) is 22.3 Å². The normalized spacial score (nSPS) is 12.0. The second kappa shape index (κ2) is 8.54. The van der Waals surface area contributed by atoms with Crippen LogP contribution in [-0.4, -0.2) is 16.2 Å². The van der Waals surface area contributed by atoms with Crippen molar-refractivity contribution in [2.45, 2.75) is 0 Å². The second-order valence-electron chi connectivity index (χ2n) is 8.25. The maximum absolute atomic E-state index is 14.2. The van der Waals surface area contributed by atoms with Crippen molar-refractivity contribution >= 4 is 49.8 Å². The van der Waals surface area contributed by atoms with Gasteiger partial charge in [-0.1, -0.05) is 59.3 Å².